The molecule has 4 nitrogen and oxygen atoms in total. The van der Waals surface area contributed by atoms with Gasteiger partial charge in [-0.25, -0.2) is 0 Å². The number of likely N-dealkylation sites (N-methyl/N-ethyl adjacent to an activating group) is 1. The van der Waals surface area contributed by atoms with Crippen LogP contribution in [0.4, 0.5) is 0 Å². The summed E-state index contributed by atoms with van der Waals surface area (Å²) < 4.78 is 5.54. The first kappa shape index (κ1) is 14.4. The Kier molecular flexibility index (Phi) is 5.09. The molecule has 2 N–H and O–H groups in total. The lowest BCUT2D eigenvalue weighted by molar-refractivity contribution is -0.128. The highest BCUT2D eigenvalue weighted by molar-refractivity contribution is 7.80. The molecule has 0 fully saturated rings. The first-order chi connectivity index (χ1) is 8.49. The normalized spacial score (nSPS) is 11.7. The number of ether oxygens (including phenoxy) is 1. The van der Waals surface area contributed by atoms with Gasteiger partial charge in [-0.05, 0) is 13.0 Å². The van der Waals surface area contributed by atoms with Gasteiger partial charge in [0.15, 0.2) is 0 Å². The Hall–Kier alpha value is -1.62. The monoisotopic (exact) mass is 266 g/mol. The van der Waals surface area contributed by atoms with Crippen molar-refractivity contribution < 1.29 is 9.53 Å². The number of para-hydroxylation sites is 1. The van der Waals surface area contributed by atoms with Crippen molar-refractivity contribution in [3.63, 3.8) is 0 Å². The molecule has 0 heterocycles. The molecule has 0 aliphatic rings. The minimum Gasteiger partial charge on any atom is -0.494 e. The molecule has 0 saturated heterocycles. The summed E-state index contributed by atoms with van der Waals surface area (Å²) in [5.74, 6) is 0.602. The third-order valence-electron chi connectivity index (χ3n) is 2.67. The Labute approximate surface area is 113 Å². The molecule has 1 rings (SSSR count). The van der Waals surface area contributed by atoms with E-state index in [1.807, 2.05) is 31.2 Å². The maximum Gasteiger partial charge on any atom is 0.220 e. The standard InChI is InChI=1S/C13H18N2O2S/c1-4-17-11-8-6-5-7-10(11)12(13(14)18)15(3)9(2)16/h5-8,12H,4H2,1-3H3,(H2,14,18). The van der Waals surface area contributed by atoms with Crippen LogP contribution in [0.1, 0.15) is 25.5 Å². The Morgan fingerprint density at radius 2 is 2.11 bits per heavy atom. The Morgan fingerprint density at radius 3 is 2.61 bits per heavy atom. The predicted molar refractivity (Wildman–Crippen MR) is 75.6 cm³/mol. The number of thiocarbonyl (C=S) groups is 1. The second-order valence-corrected chi connectivity index (χ2v) is 4.38. The number of rotatable bonds is 5. The van der Waals surface area contributed by atoms with Crippen molar-refractivity contribution >= 4 is 23.1 Å². The summed E-state index contributed by atoms with van der Waals surface area (Å²) in [5.41, 5.74) is 6.56. The number of benzene rings is 1. The highest BCUT2D eigenvalue weighted by atomic mass is 32.1. The van der Waals surface area contributed by atoms with Crippen molar-refractivity contribution in [3.8, 4) is 5.75 Å². The number of amides is 1. The van der Waals surface area contributed by atoms with Crippen molar-refractivity contribution in [1.82, 2.24) is 4.90 Å². The predicted octanol–water partition coefficient (Wildman–Crippen LogP) is 1.89. The van der Waals surface area contributed by atoms with Crippen LogP contribution in [0.25, 0.3) is 0 Å². The molecule has 0 aliphatic heterocycles. The largest absolute Gasteiger partial charge is 0.494 e. The molecular formula is C13H18N2O2S. The van der Waals surface area contributed by atoms with Crippen molar-refractivity contribution in [2.75, 3.05) is 13.7 Å². The summed E-state index contributed by atoms with van der Waals surface area (Å²) in [4.78, 5) is 13.3. The van der Waals surface area contributed by atoms with E-state index < -0.39 is 6.04 Å². The second-order valence-electron chi connectivity index (χ2n) is 3.91. The number of nitrogens with zero attached hydrogens (tertiary/aromatic N) is 1. The fourth-order valence-corrected chi connectivity index (χ4v) is 2.01. The van der Waals surface area contributed by atoms with Crippen LogP contribution in [-0.2, 0) is 4.79 Å². The lowest BCUT2D eigenvalue weighted by Gasteiger charge is -2.28. The molecule has 1 aromatic carbocycles. The van der Waals surface area contributed by atoms with Gasteiger partial charge in [0.25, 0.3) is 0 Å². The summed E-state index contributed by atoms with van der Waals surface area (Å²) in [7, 11) is 1.68. The summed E-state index contributed by atoms with van der Waals surface area (Å²) in [6.07, 6.45) is 0. The van der Waals surface area contributed by atoms with E-state index in [-0.39, 0.29) is 10.9 Å². The van der Waals surface area contributed by atoms with Crippen LogP contribution >= 0.6 is 12.2 Å². The first-order valence-corrected chi connectivity index (χ1v) is 6.14. The summed E-state index contributed by atoms with van der Waals surface area (Å²) in [6.45, 7) is 3.93. The number of carbonyl (C=O) groups is 1. The van der Waals surface area contributed by atoms with E-state index in [1.165, 1.54) is 11.8 Å². The van der Waals surface area contributed by atoms with E-state index in [2.05, 4.69) is 0 Å². The van der Waals surface area contributed by atoms with Crippen molar-refractivity contribution in [2.24, 2.45) is 5.73 Å². The second kappa shape index (κ2) is 6.35. The van der Waals surface area contributed by atoms with Gasteiger partial charge >= 0.3 is 0 Å². The highest BCUT2D eigenvalue weighted by Gasteiger charge is 2.24. The van der Waals surface area contributed by atoms with Gasteiger partial charge in [0.2, 0.25) is 5.91 Å². The molecule has 0 bridgehead atoms. The van der Waals surface area contributed by atoms with Crippen LogP contribution in [0.5, 0.6) is 5.75 Å². The number of nitrogens with two attached hydrogens (primary N) is 1. The summed E-state index contributed by atoms with van der Waals surface area (Å²) in [5, 5.41) is 0. The van der Waals surface area contributed by atoms with E-state index in [0.717, 1.165) is 5.56 Å². The van der Waals surface area contributed by atoms with Gasteiger partial charge in [-0.2, -0.15) is 0 Å². The van der Waals surface area contributed by atoms with Crippen molar-refractivity contribution in [2.45, 2.75) is 19.9 Å². The van der Waals surface area contributed by atoms with Crippen LogP contribution < -0.4 is 10.5 Å². The van der Waals surface area contributed by atoms with E-state index in [4.69, 9.17) is 22.7 Å². The van der Waals surface area contributed by atoms with Crippen LogP contribution in [0.3, 0.4) is 0 Å². The molecule has 0 radical (unpaired) electrons. The van der Waals surface area contributed by atoms with Crippen molar-refractivity contribution in [1.29, 1.82) is 0 Å². The minimum atomic E-state index is -0.444. The summed E-state index contributed by atoms with van der Waals surface area (Å²) >= 11 is 5.07. The van der Waals surface area contributed by atoms with Crippen LogP contribution in [-0.4, -0.2) is 29.5 Å². The van der Waals surface area contributed by atoms with E-state index in [1.54, 1.807) is 7.05 Å². The zero-order valence-corrected chi connectivity index (χ0v) is 11.7. The maximum atomic E-state index is 11.5. The Bertz CT molecular complexity index is 448. The number of hydrogen-bond donors (Lipinski definition) is 1. The molecule has 0 spiro atoms. The number of carbonyl (C=O) groups excluding carboxylic acids is 1. The average molecular weight is 266 g/mol. The molecule has 0 saturated carbocycles. The fraction of sp³-hybridized carbons (Fsp3) is 0.385. The van der Waals surface area contributed by atoms with Crippen LogP contribution in [0.2, 0.25) is 0 Å². The molecule has 98 valence electrons. The average Bonchev–Trinajstić information content (AvgIpc) is 2.31. The Morgan fingerprint density at radius 1 is 1.50 bits per heavy atom. The van der Waals surface area contributed by atoms with E-state index in [9.17, 15) is 4.79 Å². The van der Waals surface area contributed by atoms with Crippen LogP contribution in [0.15, 0.2) is 24.3 Å². The van der Waals surface area contributed by atoms with Gasteiger partial charge in [-0.3, -0.25) is 4.79 Å². The molecular weight excluding hydrogens is 248 g/mol. The smallest absolute Gasteiger partial charge is 0.220 e. The highest BCUT2D eigenvalue weighted by Crippen LogP contribution is 2.29. The molecule has 5 heteroatoms. The Balaban J connectivity index is 3.21. The lowest BCUT2D eigenvalue weighted by Crippen LogP contribution is -2.37. The molecule has 1 aromatic rings. The zero-order chi connectivity index (χ0) is 13.7. The molecule has 0 aliphatic carbocycles. The molecule has 18 heavy (non-hydrogen) atoms. The van der Waals surface area contributed by atoms with Gasteiger partial charge in [0, 0.05) is 19.5 Å². The molecule has 1 atom stereocenters. The van der Waals surface area contributed by atoms with E-state index in [0.29, 0.717) is 12.4 Å². The zero-order valence-electron chi connectivity index (χ0n) is 10.8. The topological polar surface area (TPSA) is 55.6 Å². The van der Waals surface area contributed by atoms with Gasteiger partial charge < -0.3 is 15.4 Å². The number of hydrogen-bond acceptors (Lipinski definition) is 3. The van der Waals surface area contributed by atoms with Crippen molar-refractivity contribution in [3.05, 3.63) is 29.8 Å². The van der Waals surface area contributed by atoms with Gasteiger partial charge in [0.1, 0.15) is 16.8 Å². The third kappa shape index (κ3) is 3.20. The van der Waals surface area contributed by atoms with Gasteiger partial charge in [-0.15, -0.1) is 0 Å². The third-order valence-corrected chi connectivity index (χ3v) is 2.89. The SMILES string of the molecule is CCOc1ccccc1C(C(N)=S)N(C)C(C)=O. The quantitative estimate of drug-likeness (QED) is 0.827. The van der Waals surface area contributed by atoms with E-state index >= 15 is 0 Å². The molecule has 1 amide bonds. The first-order valence-electron chi connectivity index (χ1n) is 5.73. The van der Waals surface area contributed by atoms with Crippen LogP contribution in [0, 0.1) is 0 Å². The minimum absolute atomic E-state index is 0.0981. The molecule has 0 aromatic heterocycles. The fourth-order valence-electron chi connectivity index (χ4n) is 1.73. The van der Waals surface area contributed by atoms with Gasteiger partial charge in [0.05, 0.1) is 6.61 Å². The van der Waals surface area contributed by atoms with Gasteiger partial charge in [-0.1, -0.05) is 30.4 Å². The lowest BCUT2D eigenvalue weighted by atomic mass is 10.0. The molecule has 1 unspecified atom stereocenters. The maximum absolute atomic E-state index is 11.5. The summed E-state index contributed by atoms with van der Waals surface area (Å²) in [6, 6.07) is 7.02.